The van der Waals surface area contributed by atoms with E-state index < -0.39 is 12.6 Å². The fourth-order valence-corrected chi connectivity index (χ4v) is 6.84. The minimum absolute atomic E-state index is 0.0943. The van der Waals surface area contributed by atoms with Gasteiger partial charge in [-0.1, -0.05) is 0 Å². The van der Waals surface area contributed by atoms with Crippen molar-refractivity contribution in [2.45, 2.75) is 170 Å². The molecule has 3 aliphatic heterocycles. The van der Waals surface area contributed by atoms with Crippen LogP contribution in [0.3, 0.4) is 0 Å². The van der Waals surface area contributed by atoms with Crippen molar-refractivity contribution >= 4 is 0 Å². The van der Waals surface area contributed by atoms with Gasteiger partial charge in [-0.25, -0.2) is 0 Å². The van der Waals surface area contributed by atoms with Gasteiger partial charge in [-0.2, -0.15) is 0 Å². The average Bonchev–Trinajstić information content (AvgIpc) is 3.20. The Labute approximate surface area is 344 Å². The summed E-state index contributed by atoms with van der Waals surface area (Å²) in [5.41, 5.74) is 0. The average molecular weight is 831 g/mol. The molecule has 0 aromatic rings. The van der Waals surface area contributed by atoms with Crippen LogP contribution in [0.25, 0.3) is 0 Å². The maximum Gasteiger partial charge on any atom is 0.189 e. The summed E-state index contributed by atoms with van der Waals surface area (Å²) in [5.74, 6) is 0. The van der Waals surface area contributed by atoms with E-state index in [1.165, 1.54) is 0 Å². The van der Waals surface area contributed by atoms with Crippen LogP contribution in [-0.4, -0.2) is 179 Å². The van der Waals surface area contributed by atoms with E-state index in [0.717, 1.165) is 0 Å². The predicted octanol–water partition coefficient (Wildman–Crippen LogP) is 5.15. The monoisotopic (exact) mass is 831 g/mol. The maximum absolute atomic E-state index is 5.90. The van der Waals surface area contributed by atoms with Crippen LogP contribution in [-0.2, 0) is 75.8 Å². The Morgan fingerprint density at radius 1 is 0.263 bits per heavy atom. The molecule has 0 spiro atoms. The summed E-state index contributed by atoms with van der Waals surface area (Å²) in [6.45, 7) is 33.9. The Kier molecular flexibility index (Phi) is 32.4. The van der Waals surface area contributed by atoms with Crippen molar-refractivity contribution in [2.75, 3.05) is 99.1 Å². The highest BCUT2D eigenvalue weighted by Gasteiger charge is 2.49. The zero-order valence-electron chi connectivity index (χ0n) is 37.6. The first-order chi connectivity index (χ1) is 27.8. The second-order valence-electron chi connectivity index (χ2n) is 12.5. The lowest BCUT2D eigenvalue weighted by atomic mass is 10.0. The summed E-state index contributed by atoms with van der Waals surface area (Å²) in [5, 5.41) is 0. The van der Waals surface area contributed by atoms with Crippen molar-refractivity contribution in [1.29, 1.82) is 0 Å². The standard InChI is InChI=1S/C15H30O6.2C13H26O5/c1-6-16-11-12(17-7-2)14(19-9-4)21-15(20-10-5)13(11)18-8-3;2*1-5-14-10-9-18-13(17-8-4)12(16-7-3)11(10)15-6-2/h11-15H,6-10H2,1-5H3;2*10-13H,5-9H2,1-4H3/t11?,12-,13+,14-,15?;10-,11-,12+,13?;10-,11-,12+,13-/m011/s1. The Hall–Kier alpha value is -0.640. The normalized spacial score (nSPS) is 32.9. The third kappa shape index (κ3) is 18.5. The van der Waals surface area contributed by atoms with Gasteiger partial charge in [0.05, 0.1) is 13.2 Å². The fraction of sp³-hybridized carbons (Fsp3) is 1.00. The molecule has 57 heavy (non-hydrogen) atoms. The number of hydrogen-bond donors (Lipinski definition) is 0. The topological polar surface area (TPSA) is 148 Å². The number of hydrogen-bond acceptors (Lipinski definition) is 16. The molecule has 0 bridgehead atoms. The molecule has 0 aromatic heterocycles. The summed E-state index contributed by atoms with van der Waals surface area (Å²) < 4.78 is 91.6. The number of rotatable bonds is 26. The molecule has 3 aliphatic rings. The second kappa shape index (κ2) is 34.0. The van der Waals surface area contributed by atoms with Crippen LogP contribution in [0.15, 0.2) is 0 Å². The minimum Gasteiger partial charge on any atom is -0.373 e. The first-order valence-electron chi connectivity index (χ1n) is 21.7. The molecule has 0 aliphatic carbocycles. The van der Waals surface area contributed by atoms with Crippen molar-refractivity contribution < 1.29 is 75.8 Å². The molecule has 0 N–H and O–H groups in total. The molecule has 342 valence electrons. The van der Waals surface area contributed by atoms with Crippen LogP contribution in [0, 0.1) is 0 Å². The molecule has 3 rings (SSSR count). The van der Waals surface area contributed by atoms with E-state index in [2.05, 4.69) is 0 Å². The van der Waals surface area contributed by atoms with E-state index in [-0.39, 0.29) is 67.5 Å². The van der Waals surface area contributed by atoms with E-state index in [0.29, 0.717) is 99.1 Å². The zero-order chi connectivity index (χ0) is 42.4. The Morgan fingerprint density at radius 3 is 0.772 bits per heavy atom. The molecule has 3 fully saturated rings. The third-order valence-corrected chi connectivity index (χ3v) is 8.82. The quantitative estimate of drug-likeness (QED) is 0.113. The molecule has 0 saturated carbocycles. The van der Waals surface area contributed by atoms with Gasteiger partial charge in [0.15, 0.2) is 25.2 Å². The first-order valence-corrected chi connectivity index (χ1v) is 21.7. The Bertz CT molecular complexity index is 797. The van der Waals surface area contributed by atoms with Gasteiger partial charge in [-0.15, -0.1) is 0 Å². The van der Waals surface area contributed by atoms with Gasteiger partial charge in [-0.05, 0) is 90.0 Å². The van der Waals surface area contributed by atoms with Crippen molar-refractivity contribution in [2.24, 2.45) is 0 Å². The van der Waals surface area contributed by atoms with Crippen molar-refractivity contribution in [3.8, 4) is 0 Å². The lowest BCUT2D eigenvalue weighted by molar-refractivity contribution is -0.363. The van der Waals surface area contributed by atoms with Gasteiger partial charge in [0.2, 0.25) is 0 Å². The number of ether oxygens (including phenoxy) is 16. The molecule has 13 atom stereocenters. The molecule has 0 amide bonds. The summed E-state index contributed by atoms with van der Waals surface area (Å²) in [7, 11) is 0. The van der Waals surface area contributed by atoms with E-state index in [1.807, 2.05) is 90.0 Å². The Balaban J connectivity index is 0.000000429. The molecule has 0 radical (unpaired) electrons. The Morgan fingerprint density at radius 2 is 0.491 bits per heavy atom. The zero-order valence-corrected chi connectivity index (χ0v) is 37.6. The van der Waals surface area contributed by atoms with Gasteiger partial charge in [0.1, 0.15) is 54.9 Å². The minimum atomic E-state index is -0.514. The maximum atomic E-state index is 5.90. The van der Waals surface area contributed by atoms with Crippen LogP contribution in [0.2, 0.25) is 0 Å². The van der Waals surface area contributed by atoms with Crippen molar-refractivity contribution in [1.82, 2.24) is 0 Å². The first kappa shape index (κ1) is 54.4. The molecule has 0 aromatic carbocycles. The van der Waals surface area contributed by atoms with Crippen LogP contribution in [0.4, 0.5) is 0 Å². The fourth-order valence-electron chi connectivity index (χ4n) is 6.84. The largest absolute Gasteiger partial charge is 0.373 e. The van der Waals surface area contributed by atoms with E-state index >= 15 is 0 Å². The van der Waals surface area contributed by atoms with Crippen LogP contribution < -0.4 is 0 Å². The highest BCUT2D eigenvalue weighted by atomic mass is 16.8. The second-order valence-corrected chi connectivity index (χ2v) is 12.5. The van der Waals surface area contributed by atoms with Gasteiger partial charge in [-0.3, -0.25) is 0 Å². The molecular weight excluding hydrogens is 748 g/mol. The summed E-state index contributed by atoms with van der Waals surface area (Å²) in [6, 6.07) is 0. The van der Waals surface area contributed by atoms with Crippen molar-refractivity contribution in [3.05, 3.63) is 0 Å². The summed E-state index contributed by atoms with van der Waals surface area (Å²) in [4.78, 5) is 0. The lowest BCUT2D eigenvalue weighted by Crippen LogP contribution is -2.61. The van der Waals surface area contributed by atoms with E-state index in [9.17, 15) is 0 Å². The van der Waals surface area contributed by atoms with E-state index in [4.69, 9.17) is 75.8 Å². The molecule has 3 heterocycles. The smallest absolute Gasteiger partial charge is 0.189 e. The third-order valence-electron chi connectivity index (χ3n) is 8.82. The van der Waals surface area contributed by atoms with Crippen LogP contribution in [0.5, 0.6) is 0 Å². The summed E-state index contributed by atoms with van der Waals surface area (Å²) in [6.07, 6.45) is -3.65. The highest BCUT2D eigenvalue weighted by Crippen LogP contribution is 2.30. The van der Waals surface area contributed by atoms with Gasteiger partial charge >= 0.3 is 0 Å². The molecular formula is C41H82O16. The van der Waals surface area contributed by atoms with Crippen molar-refractivity contribution in [3.63, 3.8) is 0 Å². The molecule has 16 nitrogen and oxygen atoms in total. The van der Waals surface area contributed by atoms with E-state index in [1.54, 1.807) is 0 Å². The lowest BCUT2D eigenvalue weighted by Gasteiger charge is -2.45. The van der Waals surface area contributed by atoms with Crippen LogP contribution >= 0.6 is 0 Å². The van der Waals surface area contributed by atoms with Gasteiger partial charge < -0.3 is 75.8 Å². The van der Waals surface area contributed by atoms with Gasteiger partial charge in [0.25, 0.3) is 0 Å². The van der Waals surface area contributed by atoms with Crippen LogP contribution in [0.1, 0.15) is 90.0 Å². The SMILES string of the molecule is CCOC1OC[C@@H](OCC)[C@@H](OCC)[C@@H]1OCC.CCOC1O[C@H](OCC)[C@@H](OCC)C(OCC)[C@H]1OCC.CCO[C@@H]1OC[C@@H](OCC)[C@@H](OCC)[C@@H]1OCC. The molecule has 16 heteroatoms. The molecule has 3 unspecified atom stereocenters. The summed E-state index contributed by atoms with van der Waals surface area (Å²) >= 11 is 0. The molecule has 3 saturated heterocycles. The highest BCUT2D eigenvalue weighted by molar-refractivity contribution is 4.90. The predicted molar refractivity (Wildman–Crippen MR) is 213 cm³/mol. The van der Waals surface area contributed by atoms with Gasteiger partial charge in [0, 0.05) is 85.9 Å².